The van der Waals surface area contributed by atoms with Crippen LogP contribution in [-0.4, -0.2) is 28.4 Å². The number of hydrogen-bond acceptors (Lipinski definition) is 6. The van der Waals surface area contributed by atoms with Crippen molar-refractivity contribution >= 4 is 44.4 Å². The summed E-state index contributed by atoms with van der Waals surface area (Å²) in [4.78, 5) is 17.3. The third-order valence-corrected chi connectivity index (χ3v) is 4.60. The molecule has 0 aliphatic rings. The fourth-order valence-corrected chi connectivity index (χ4v) is 3.30. The van der Waals surface area contributed by atoms with Crippen molar-refractivity contribution in [3.8, 4) is 0 Å². The van der Waals surface area contributed by atoms with Crippen LogP contribution in [0.4, 0.5) is 5.82 Å². The number of hydrogen-bond donors (Lipinski definition) is 2. The topological polar surface area (TPSA) is 80.0 Å². The maximum atomic E-state index is 12.1. The lowest BCUT2D eigenvalue weighted by molar-refractivity contribution is 0.0928. The first-order valence-electron chi connectivity index (χ1n) is 8.02. The summed E-state index contributed by atoms with van der Waals surface area (Å²) in [5.41, 5.74) is 0.721. The number of benzene rings is 1. The minimum Gasteiger partial charge on any atom is -0.451 e. The van der Waals surface area contributed by atoms with Crippen molar-refractivity contribution in [2.75, 3.05) is 18.4 Å². The molecule has 1 aromatic carbocycles. The van der Waals surface area contributed by atoms with Crippen LogP contribution in [0.1, 0.15) is 17.0 Å². The molecule has 0 bridgehead atoms. The van der Waals surface area contributed by atoms with Crippen LogP contribution >= 0.6 is 11.5 Å². The summed E-state index contributed by atoms with van der Waals surface area (Å²) in [6.07, 6.45) is 2.54. The first-order valence-corrected chi connectivity index (χ1v) is 8.80. The lowest BCUT2D eigenvalue weighted by atomic mass is 10.2. The molecule has 3 heterocycles. The van der Waals surface area contributed by atoms with Crippen molar-refractivity contribution in [3.63, 3.8) is 0 Å². The zero-order chi connectivity index (χ0) is 17.1. The van der Waals surface area contributed by atoms with Gasteiger partial charge >= 0.3 is 0 Å². The molecule has 126 valence electrons. The number of carbonyl (C=O) groups is 1. The number of carbonyl (C=O) groups excluding carboxylic acids is 1. The van der Waals surface area contributed by atoms with Crippen LogP contribution in [-0.2, 0) is 0 Å². The number of para-hydroxylation sites is 1. The second-order valence-electron chi connectivity index (χ2n) is 5.57. The standard InChI is InChI=1S/C18H16N4O2S/c23-17(15-11-12-5-1-2-7-14(12)24-15)20-10-4-9-19-16-13-6-3-8-21-18(13)25-22-16/h1-3,5-8,11H,4,9-10H2,(H,19,22)(H,20,23). The number of amides is 1. The summed E-state index contributed by atoms with van der Waals surface area (Å²) in [7, 11) is 0. The smallest absolute Gasteiger partial charge is 0.287 e. The Morgan fingerprint density at radius 1 is 1.16 bits per heavy atom. The number of pyridine rings is 1. The van der Waals surface area contributed by atoms with Crippen molar-refractivity contribution in [2.45, 2.75) is 6.42 Å². The highest BCUT2D eigenvalue weighted by Crippen LogP contribution is 2.24. The van der Waals surface area contributed by atoms with Crippen LogP contribution < -0.4 is 10.6 Å². The van der Waals surface area contributed by atoms with Crippen molar-refractivity contribution in [3.05, 3.63) is 54.4 Å². The van der Waals surface area contributed by atoms with E-state index in [-0.39, 0.29) is 5.91 Å². The van der Waals surface area contributed by atoms with E-state index >= 15 is 0 Å². The van der Waals surface area contributed by atoms with Crippen molar-refractivity contribution < 1.29 is 9.21 Å². The normalized spacial score (nSPS) is 11.0. The van der Waals surface area contributed by atoms with Crippen LogP contribution in [0.2, 0.25) is 0 Å². The van der Waals surface area contributed by atoms with E-state index in [1.54, 1.807) is 12.3 Å². The van der Waals surface area contributed by atoms with Gasteiger partial charge in [0.1, 0.15) is 16.2 Å². The number of furan rings is 1. The van der Waals surface area contributed by atoms with Gasteiger partial charge < -0.3 is 15.1 Å². The Bertz CT molecular complexity index is 991. The van der Waals surface area contributed by atoms with Gasteiger partial charge in [0.25, 0.3) is 5.91 Å². The highest BCUT2D eigenvalue weighted by Gasteiger charge is 2.11. The molecule has 0 radical (unpaired) electrons. The first-order chi connectivity index (χ1) is 12.3. The number of nitrogens with one attached hydrogen (secondary N) is 2. The number of anilines is 1. The van der Waals surface area contributed by atoms with E-state index in [9.17, 15) is 4.79 Å². The second kappa shape index (κ2) is 6.90. The van der Waals surface area contributed by atoms with E-state index in [0.717, 1.165) is 33.4 Å². The largest absolute Gasteiger partial charge is 0.451 e. The highest BCUT2D eigenvalue weighted by atomic mass is 32.1. The van der Waals surface area contributed by atoms with Crippen molar-refractivity contribution in [2.24, 2.45) is 0 Å². The molecule has 4 rings (SSSR count). The Balaban J connectivity index is 1.27. The van der Waals surface area contributed by atoms with Gasteiger partial charge in [0.2, 0.25) is 0 Å². The molecule has 0 fully saturated rings. The van der Waals surface area contributed by atoms with E-state index in [4.69, 9.17) is 4.42 Å². The summed E-state index contributed by atoms with van der Waals surface area (Å²) >= 11 is 1.38. The van der Waals surface area contributed by atoms with Crippen molar-refractivity contribution in [1.29, 1.82) is 0 Å². The predicted molar refractivity (Wildman–Crippen MR) is 99.1 cm³/mol. The van der Waals surface area contributed by atoms with E-state index in [0.29, 0.717) is 18.8 Å². The van der Waals surface area contributed by atoms with Gasteiger partial charge in [-0.3, -0.25) is 4.79 Å². The molecule has 0 saturated heterocycles. The van der Waals surface area contributed by atoms with Crippen LogP contribution in [0.5, 0.6) is 0 Å². The average molecular weight is 352 g/mol. The van der Waals surface area contributed by atoms with Gasteiger partial charge in [-0.2, -0.15) is 4.37 Å². The Morgan fingerprint density at radius 3 is 3.00 bits per heavy atom. The molecule has 0 aliphatic carbocycles. The van der Waals surface area contributed by atoms with Crippen LogP contribution in [0, 0.1) is 0 Å². The van der Waals surface area contributed by atoms with Gasteiger partial charge in [-0.05, 0) is 42.2 Å². The van der Waals surface area contributed by atoms with Gasteiger partial charge in [0, 0.05) is 24.7 Å². The Kier molecular flexibility index (Phi) is 4.30. The lowest BCUT2D eigenvalue weighted by Crippen LogP contribution is -2.25. The summed E-state index contributed by atoms with van der Waals surface area (Å²) in [5, 5.41) is 8.12. The molecule has 2 N–H and O–H groups in total. The SMILES string of the molecule is O=C(NCCCNc1nsc2ncccc12)c1cc2ccccc2o1. The van der Waals surface area contributed by atoms with Gasteiger partial charge in [-0.1, -0.05) is 18.2 Å². The third-order valence-electron chi connectivity index (χ3n) is 3.83. The average Bonchev–Trinajstić information content (AvgIpc) is 3.25. The first kappa shape index (κ1) is 15.6. The summed E-state index contributed by atoms with van der Waals surface area (Å²) in [6.45, 7) is 1.28. The number of nitrogens with zero attached hydrogens (tertiary/aromatic N) is 2. The molecular weight excluding hydrogens is 336 g/mol. The van der Waals surface area contributed by atoms with E-state index < -0.39 is 0 Å². The molecular formula is C18H16N4O2S. The fraction of sp³-hybridized carbons (Fsp3) is 0.167. The maximum absolute atomic E-state index is 12.1. The van der Waals surface area contributed by atoms with Crippen LogP contribution in [0.3, 0.4) is 0 Å². The van der Waals surface area contributed by atoms with Crippen LogP contribution in [0.15, 0.2) is 53.1 Å². The molecule has 7 heteroatoms. The van der Waals surface area contributed by atoms with E-state index in [1.165, 1.54) is 11.5 Å². The van der Waals surface area contributed by atoms with Gasteiger partial charge in [-0.15, -0.1) is 0 Å². The quantitative estimate of drug-likeness (QED) is 0.518. The maximum Gasteiger partial charge on any atom is 0.287 e. The number of rotatable bonds is 6. The minimum absolute atomic E-state index is 0.195. The Morgan fingerprint density at radius 2 is 2.08 bits per heavy atom. The lowest BCUT2D eigenvalue weighted by Gasteiger charge is -2.05. The Hall–Kier alpha value is -2.93. The Labute approximate surface area is 148 Å². The molecule has 6 nitrogen and oxygen atoms in total. The molecule has 25 heavy (non-hydrogen) atoms. The number of aromatic nitrogens is 2. The molecule has 0 atom stereocenters. The van der Waals surface area contributed by atoms with Gasteiger partial charge in [-0.25, -0.2) is 4.98 Å². The summed E-state index contributed by atoms with van der Waals surface area (Å²) in [5.74, 6) is 0.988. The number of fused-ring (bicyclic) bond motifs is 2. The van der Waals surface area contributed by atoms with Gasteiger partial charge in [0.05, 0.1) is 5.39 Å². The highest BCUT2D eigenvalue weighted by molar-refractivity contribution is 7.13. The fourth-order valence-electron chi connectivity index (χ4n) is 2.59. The molecule has 4 aromatic rings. The third kappa shape index (κ3) is 3.32. The summed E-state index contributed by atoms with van der Waals surface area (Å²) in [6, 6.07) is 13.2. The zero-order valence-electron chi connectivity index (χ0n) is 13.4. The molecule has 0 saturated carbocycles. The second-order valence-corrected chi connectivity index (χ2v) is 6.32. The molecule has 3 aromatic heterocycles. The predicted octanol–water partition coefficient (Wildman–Crippen LogP) is 3.67. The van der Waals surface area contributed by atoms with Crippen molar-refractivity contribution in [1.82, 2.24) is 14.7 Å². The summed E-state index contributed by atoms with van der Waals surface area (Å²) < 4.78 is 9.92. The van der Waals surface area contributed by atoms with Gasteiger partial charge in [0.15, 0.2) is 5.76 Å². The van der Waals surface area contributed by atoms with E-state index in [1.807, 2.05) is 36.4 Å². The monoisotopic (exact) mass is 352 g/mol. The van der Waals surface area contributed by atoms with E-state index in [2.05, 4.69) is 20.0 Å². The molecule has 0 spiro atoms. The zero-order valence-corrected chi connectivity index (χ0v) is 14.2. The van der Waals surface area contributed by atoms with Crippen LogP contribution in [0.25, 0.3) is 21.2 Å². The molecule has 0 unspecified atom stereocenters. The molecule has 0 aliphatic heterocycles. The molecule has 1 amide bonds. The minimum atomic E-state index is -0.195.